The lowest BCUT2D eigenvalue weighted by molar-refractivity contribution is 0.0355. The first-order valence-electron chi connectivity index (χ1n) is 8.96. The summed E-state index contributed by atoms with van der Waals surface area (Å²) in [4.78, 5) is 0. The number of nitrogens with one attached hydrogen (secondary N) is 1. The van der Waals surface area contributed by atoms with Gasteiger partial charge in [-0.3, -0.25) is 0 Å². The quantitative estimate of drug-likeness (QED) is 0.778. The number of unbranched alkanes of at least 4 members (excludes halogenated alkanes) is 1. The van der Waals surface area contributed by atoms with Crippen molar-refractivity contribution in [3.63, 3.8) is 0 Å². The fourth-order valence-corrected chi connectivity index (χ4v) is 3.94. The Hall–Kier alpha value is -1.22. The molecule has 0 amide bonds. The Morgan fingerprint density at radius 2 is 2.09 bits per heavy atom. The number of benzene rings is 1. The van der Waals surface area contributed by atoms with E-state index < -0.39 is 0 Å². The number of fused-ring (bicyclic) bond motifs is 1. The Balaban J connectivity index is 1.89. The first kappa shape index (κ1) is 15.7. The molecule has 0 radical (unpaired) electrons. The normalized spacial score (nSPS) is 22.4. The molecule has 1 atom stereocenters. The molecule has 1 aliphatic heterocycles. The molecule has 3 heteroatoms. The van der Waals surface area contributed by atoms with Crippen molar-refractivity contribution in [1.29, 1.82) is 0 Å². The van der Waals surface area contributed by atoms with Crippen molar-refractivity contribution in [2.45, 2.75) is 70.4 Å². The monoisotopic (exact) mass is 303 g/mol. The summed E-state index contributed by atoms with van der Waals surface area (Å²) < 4.78 is 12.4. The fraction of sp³-hybridized carbons (Fsp3) is 0.684. The lowest BCUT2D eigenvalue weighted by Crippen LogP contribution is -2.42. The standard InChI is InChI=1S/C19H29NO2/c1-3-5-13-20-15-14-19(11-6-7-12-19)22-17-10-8-9-16(18(15)17)21-4-2/h8-10,15,20H,3-7,11-14H2,1-2H3. The number of hydrogen-bond donors (Lipinski definition) is 1. The molecule has 1 heterocycles. The maximum Gasteiger partial charge on any atom is 0.128 e. The van der Waals surface area contributed by atoms with Crippen LogP contribution in [0.15, 0.2) is 18.2 Å². The summed E-state index contributed by atoms with van der Waals surface area (Å²) >= 11 is 0. The van der Waals surface area contributed by atoms with Crippen LogP contribution in [0.1, 0.15) is 70.4 Å². The first-order valence-corrected chi connectivity index (χ1v) is 8.96. The van der Waals surface area contributed by atoms with E-state index in [1.165, 1.54) is 44.1 Å². The highest BCUT2D eigenvalue weighted by Crippen LogP contribution is 2.49. The van der Waals surface area contributed by atoms with Gasteiger partial charge in [-0.2, -0.15) is 0 Å². The SMILES string of the molecule is CCCCNC1CC2(CCCC2)Oc2cccc(OCC)c21. The van der Waals surface area contributed by atoms with Crippen molar-refractivity contribution >= 4 is 0 Å². The zero-order valence-corrected chi connectivity index (χ0v) is 14.0. The third kappa shape index (κ3) is 3.10. The lowest BCUT2D eigenvalue weighted by Gasteiger charge is -2.41. The minimum Gasteiger partial charge on any atom is -0.493 e. The van der Waals surface area contributed by atoms with Crippen LogP contribution in [0.3, 0.4) is 0 Å². The summed E-state index contributed by atoms with van der Waals surface area (Å²) in [6, 6.07) is 6.61. The Labute approximate surface area is 134 Å². The summed E-state index contributed by atoms with van der Waals surface area (Å²) in [6.07, 6.45) is 8.49. The van der Waals surface area contributed by atoms with Crippen molar-refractivity contribution in [3.8, 4) is 11.5 Å². The Kier molecular flexibility index (Phi) is 4.92. The van der Waals surface area contributed by atoms with Crippen molar-refractivity contribution in [2.75, 3.05) is 13.2 Å². The highest BCUT2D eigenvalue weighted by molar-refractivity contribution is 5.49. The van der Waals surface area contributed by atoms with Crippen molar-refractivity contribution in [3.05, 3.63) is 23.8 Å². The largest absolute Gasteiger partial charge is 0.493 e. The van der Waals surface area contributed by atoms with Crippen LogP contribution >= 0.6 is 0 Å². The number of hydrogen-bond acceptors (Lipinski definition) is 3. The van der Waals surface area contributed by atoms with Crippen LogP contribution in [0, 0.1) is 0 Å². The second-order valence-electron chi connectivity index (χ2n) is 6.66. The molecule has 1 aliphatic carbocycles. The summed E-state index contributed by atoms with van der Waals surface area (Å²) in [5.41, 5.74) is 1.29. The summed E-state index contributed by atoms with van der Waals surface area (Å²) in [7, 11) is 0. The van der Waals surface area contributed by atoms with Crippen LogP contribution < -0.4 is 14.8 Å². The number of ether oxygens (including phenoxy) is 2. The fourth-order valence-electron chi connectivity index (χ4n) is 3.94. The van der Waals surface area contributed by atoms with Gasteiger partial charge in [0.25, 0.3) is 0 Å². The van der Waals surface area contributed by atoms with Crippen LogP contribution in [0.25, 0.3) is 0 Å². The lowest BCUT2D eigenvalue weighted by atomic mass is 9.85. The van der Waals surface area contributed by atoms with E-state index >= 15 is 0 Å². The van der Waals surface area contributed by atoms with Gasteiger partial charge in [0.2, 0.25) is 0 Å². The molecule has 3 nitrogen and oxygen atoms in total. The molecule has 1 aromatic carbocycles. The van der Waals surface area contributed by atoms with Gasteiger partial charge in [-0.1, -0.05) is 19.4 Å². The molecule has 0 saturated heterocycles. The van der Waals surface area contributed by atoms with Gasteiger partial charge in [-0.15, -0.1) is 0 Å². The highest BCUT2D eigenvalue weighted by Gasteiger charge is 2.43. The smallest absolute Gasteiger partial charge is 0.128 e. The summed E-state index contributed by atoms with van der Waals surface area (Å²) in [5, 5.41) is 3.77. The molecule has 1 N–H and O–H groups in total. The van der Waals surface area contributed by atoms with Crippen LogP contribution in [-0.2, 0) is 0 Å². The molecule has 22 heavy (non-hydrogen) atoms. The molecular weight excluding hydrogens is 274 g/mol. The van der Waals surface area contributed by atoms with Crippen LogP contribution in [0.4, 0.5) is 0 Å². The molecule has 1 unspecified atom stereocenters. The predicted octanol–water partition coefficient (Wildman–Crippen LogP) is 4.61. The molecule has 3 rings (SSSR count). The van der Waals surface area contributed by atoms with Gasteiger partial charge in [0.05, 0.1) is 12.2 Å². The third-order valence-corrected chi connectivity index (χ3v) is 5.01. The molecule has 1 fully saturated rings. The van der Waals surface area contributed by atoms with Crippen molar-refractivity contribution < 1.29 is 9.47 Å². The van der Waals surface area contributed by atoms with Gasteiger partial charge >= 0.3 is 0 Å². The average Bonchev–Trinajstić information content (AvgIpc) is 2.95. The van der Waals surface area contributed by atoms with E-state index in [4.69, 9.17) is 9.47 Å². The highest BCUT2D eigenvalue weighted by atomic mass is 16.5. The van der Waals surface area contributed by atoms with E-state index in [0.29, 0.717) is 12.6 Å². The van der Waals surface area contributed by atoms with Gasteiger partial charge in [0.15, 0.2) is 0 Å². The summed E-state index contributed by atoms with van der Waals surface area (Å²) in [5.74, 6) is 2.02. The molecule has 1 saturated carbocycles. The van der Waals surface area contributed by atoms with Gasteiger partial charge in [-0.05, 0) is 57.7 Å². The van der Waals surface area contributed by atoms with Crippen LogP contribution in [0.5, 0.6) is 11.5 Å². The molecule has 1 aromatic rings. The van der Waals surface area contributed by atoms with Crippen LogP contribution in [-0.4, -0.2) is 18.8 Å². The van der Waals surface area contributed by atoms with Crippen molar-refractivity contribution in [1.82, 2.24) is 5.32 Å². The molecule has 122 valence electrons. The van der Waals surface area contributed by atoms with E-state index in [1.54, 1.807) is 0 Å². The minimum absolute atomic E-state index is 0.0573. The van der Waals surface area contributed by atoms with E-state index in [-0.39, 0.29) is 5.60 Å². The average molecular weight is 303 g/mol. The zero-order valence-electron chi connectivity index (χ0n) is 14.0. The minimum atomic E-state index is 0.0573. The third-order valence-electron chi connectivity index (χ3n) is 5.01. The maximum atomic E-state index is 6.48. The second kappa shape index (κ2) is 6.91. The molecule has 0 bridgehead atoms. The van der Waals surface area contributed by atoms with E-state index in [1.807, 2.05) is 6.92 Å². The topological polar surface area (TPSA) is 30.5 Å². The Morgan fingerprint density at radius 3 is 2.82 bits per heavy atom. The number of rotatable bonds is 6. The molecule has 1 spiro atoms. The maximum absolute atomic E-state index is 6.48. The van der Waals surface area contributed by atoms with Gasteiger partial charge < -0.3 is 14.8 Å². The predicted molar refractivity (Wildman–Crippen MR) is 89.7 cm³/mol. The van der Waals surface area contributed by atoms with Gasteiger partial charge in [0.1, 0.15) is 17.1 Å². The molecule has 0 aromatic heterocycles. The van der Waals surface area contributed by atoms with Gasteiger partial charge in [-0.25, -0.2) is 0 Å². The van der Waals surface area contributed by atoms with E-state index in [2.05, 4.69) is 30.4 Å². The molecule has 2 aliphatic rings. The van der Waals surface area contributed by atoms with Crippen molar-refractivity contribution in [2.24, 2.45) is 0 Å². The van der Waals surface area contributed by atoms with E-state index in [9.17, 15) is 0 Å². The Bertz CT molecular complexity index is 494. The summed E-state index contributed by atoms with van der Waals surface area (Å²) in [6.45, 7) is 6.05. The van der Waals surface area contributed by atoms with Crippen LogP contribution in [0.2, 0.25) is 0 Å². The zero-order chi connectivity index (χ0) is 15.4. The second-order valence-corrected chi connectivity index (χ2v) is 6.66. The van der Waals surface area contributed by atoms with Gasteiger partial charge in [0, 0.05) is 12.5 Å². The molecular formula is C19H29NO2. The first-order chi connectivity index (χ1) is 10.8. The van der Waals surface area contributed by atoms with E-state index in [0.717, 1.165) is 24.5 Å². The Morgan fingerprint density at radius 1 is 1.27 bits per heavy atom.